The molecule has 0 aliphatic heterocycles. The number of halogens is 1. The van der Waals surface area contributed by atoms with Gasteiger partial charge in [-0.15, -0.1) is 0 Å². The Bertz CT molecular complexity index is 711. The Morgan fingerprint density at radius 3 is 2.57 bits per heavy atom. The zero-order valence-corrected chi connectivity index (χ0v) is 14.1. The molecule has 0 unspecified atom stereocenters. The molecule has 2 aromatic rings. The van der Waals surface area contributed by atoms with Crippen molar-refractivity contribution in [1.29, 1.82) is 0 Å². The van der Waals surface area contributed by atoms with Gasteiger partial charge < -0.3 is 10.1 Å². The van der Waals surface area contributed by atoms with Crippen molar-refractivity contribution < 1.29 is 13.9 Å². The quantitative estimate of drug-likeness (QED) is 0.873. The third-order valence-corrected chi connectivity index (χ3v) is 3.22. The van der Waals surface area contributed by atoms with E-state index in [0.717, 1.165) is 0 Å². The SMILES string of the molecule is CC(C)[C@@H](Nc1ncnc2ccc(F)cc12)C(=O)OC(C)(C)C. The van der Waals surface area contributed by atoms with Crippen molar-refractivity contribution in [3.05, 3.63) is 30.3 Å². The fourth-order valence-electron chi connectivity index (χ4n) is 2.15. The minimum atomic E-state index is -0.587. The molecule has 0 fully saturated rings. The summed E-state index contributed by atoms with van der Waals surface area (Å²) in [6.07, 6.45) is 1.38. The second-order valence-corrected chi connectivity index (χ2v) is 6.78. The van der Waals surface area contributed by atoms with Crippen molar-refractivity contribution in [3.8, 4) is 0 Å². The molecule has 1 atom stereocenters. The number of esters is 1. The van der Waals surface area contributed by atoms with Gasteiger partial charge in [0.25, 0.3) is 0 Å². The highest BCUT2D eigenvalue weighted by atomic mass is 19.1. The lowest BCUT2D eigenvalue weighted by molar-refractivity contribution is -0.156. The molecule has 0 saturated heterocycles. The van der Waals surface area contributed by atoms with Gasteiger partial charge in [0.2, 0.25) is 0 Å². The van der Waals surface area contributed by atoms with Crippen LogP contribution < -0.4 is 5.32 Å². The molecule has 1 heterocycles. The van der Waals surface area contributed by atoms with Crippen molar-refractivity contribution in [2.75, 3.05) is 5.32 Å². The highest BCUT2D eigenvalue weighted by Gasteiger charge is 2.28. The molecule has 1 aromatic heterocycles. The first-order valence-electron chi connectivity index (χ1n) is 7.57. The summed E-state index contributed by atoms with van der Waals surface area (Å²) in [5.74, 6) is -0.355. The molecule has 5 nitrogen and oxygen atoms in total. The van der Waals surface area contributed by atoms with Gasteiger partial charge in [-0.3, -0.25) is 0 Å². The van der Waals surface area contributed by atoms with Crippen LogP contribution in [0.1, 0.15) is 34.6 Å². The number of rotatable bonds is 4. The average molecular weight is 319 g/mol. The summed E-state index contributed by atoms with van der Waals surface area (Å²) in [5.41, 5.74) is 0.0294. The maximum atomic E-state index is 13.5. The van der Waals surface area contributed by atoms with Crippen LogP contribution in [0, 0.1) is 11.7 Å². The summed E-state index contributed by atoms with van der Waals surface area (Å²) in [6, 6.07) is 3.68. The summed E-state index contributed by atoms with van der Waals surface area (Å²) >= 11 is 0. The molecule has 0 aliphatic carbocycles. The summed E-state index contributed by atoms with van der Waals surface area (Å²) in [7, 11) is 0. The first-order chi connectivity index (χ1) is 10.7. The second-order valence-electron chi connectivity index (χ2n) is 6.78. The predicted octanol–water partition coefficient (Wildman–Crippen LogP) is 3.55. The summed E-state index contributed by atoms with van der Waals surface area (Å²) in [6.45, 7) is 9.27. The van der Waals surface area contributed by atoms with E-state index in [1.165, 1.54) is 18.5 Å². The average Bonchev–Trinajstić information content (AvgIpc) is 2.42. The fraction of sp³-hybridized carbons (Fsp3) is 0.471. The molecule has 0 bridgehead atoms. The standard InChI is InChI=1S/C17H22FN3O2/c1-10(2)14(16(22)23-17(3,4)5)21-15-12-8-11(18)6-7-13(12)19-9-20-15/h6-10,14H,1-5H3,(H,19,20,21)/t14-/m1/s1. The number of aromatic nitrogens is 2. The molecule has 0 amide bonds. The molecule has 0 saturated carbocycles. The zero-order valence-electron chi connectivity index (χ0n) is 14.1. The lowest BCUT2D eigenvalue weighted by Crippen LogP contribution is -2.40. The lowest BCUT2D eigenvalue weighted by Gasteiger charge is -2.27. The molecule has 1 N–H and O–H groups in total. The molecule has 0 spiro atoms. The molecule has 1 aromatic carbocycles. The highest BCUT2D eigenvalue weighted by Crippen LogP contribution is 2.23. The van der Waals surface area contributed by atoms with Crippen LogP contribution in [0.2, 0.25) is 0 Å². The Morgan fingerprint density at radius 2 is 1.96 bits per heavy atom. The van der Waals surface area contributed by atoms with Crippen LogP contribution in [-0.4, -0.2) is 27.6 Å². The normalized spacial score (nSPS) is 13.2. The number of carbonyl (C=O) groups excluding carboxylic acids is 1. The van der Waals surface area contributed by atoms with E-state index in [0.29, 0.717) is 16.7 Å². The molecule has 124 valence electrons. The highest BCUT2D eigenvalue weighted by molar-refractivity contribution is 5.91. The van der Waals surface area contributed by atoms with Crippen LogP contribution in [0.3, 0.4) is 0 Å². The van der Waals surface area contributed by atoms with Gasteiger partial charge in [0.05, 0.1) is 5.52 Å². The van der Waals surface area contributed by atoms with Crippen LogP contribution >= 0.6 is 0 Å². The number of hydrogen-bond donors (Lipinski definition) is 1. The molecule has 6 heteroatoms. The number of ether oxygens (including phenoxy) is 1. The number of carbonyl (C=O) groups is 1. The molecular weight excluding hydrogens is 297 g/mol. The van der Waals surface area contributed by atoms with Crippen molar-refractivity contribution in [1.82, 2.24) is 9.97 Å². The van der Waals surface area contributed by atoms with Gasteiger partial charge >= 0.3 is 5.97 Å². The summed E-state index contributed by atoms with van der Waals surface area (Å²) in [4.78, 5) is 20.7. The molecule has 2 rings (SSSR count). The van der Waals surface area contributed by atoms with Gasteiger partial charge in [0, 0.05) is 5.39 Å². The monoisotopic (exact) mass is 319 g/mol. The van der Waals surface area contributed by atoms with E-state index in [1.54, 1.807) is 6.07 Å². The molecule has 0 radical (unpaired) electrons. The molecule has 0 aliphatic rings. The van der Waals surface area contributed by atoms with Crippen LogP contribution in [0.4, 0.5) is 10.2 Å². The molecule has 23 heavy (non-hydrogen) atoms. The van der Waals surface area contributed by atoms with Crippen molar-refractivity contribution in [2.24, 2.45) is 5.92 Å². The third-order valence-electron chi connectivity index (χ3n) is 3.22. The van der Waals surface area contributed by atoms with Gasteiger partial charge in [0.1, 0.15) is 29.6 Å². The maximum absolute atomic E-state index is 13.5. The van der Waals surface area contributed by atoms with Gasteiger partial charge in [-0.05, 0) is 44.9 Å². The summed E-state index contributed by atoms with van der Waals surface area (Å²) in [5, 5.41) is 3.61. The Hall–Kier alpha value is -2.24. The van der Waals surface area contributed by atoms with Gasteiger partial charge in [0.15, 0.2) is 0 Å². The second kappa shape index (κ2) is 6.48. The fourth-order valence-corrected chi connectivity index (χ4v) is 2.15. The maximum Gasteiger partial charge on any atom is 0.329 e. The first-order valence-corrected chi connectivity index (χ1v) is 7.57. The smallest absolute Gasteiger partial charge is 0.329 e. The zero-order chi connectivity index (χ0) is 17.2. The Balaban J connectivity index is 2.34. The van der Waals surface area contributed by atoms with E-state index >= 15 is 0 Å². The van der Waals surface area contributed by atoms with Crippen LogP contribution in [0.5, 0.6) is 0 Å². The largest absolute Gasteiger partial charge is 0.458 e. The van der Waals surface area contributed by atoms with Gasteiger partial charge in [-0.25, -0.2) is 19.2 Å². The number of fused-ring (bicyclic) bond motifs is 1. The number of hydrogen-bond acceptors (Lipinski definition) is 5. The number of nitrogens with one attached hydrogen (secondary N) is 1. The van der Waals surface area contributed by atoms with Crippen LogP contribution in [0.15, 0.2) is 24.5 Å². The third kappa shape index (κ3) is 4.37. The topological polar surface area (TPSA) is 64.1 Å². The predicted molar refractivity (Wildman–Crippen MR) is 87.6 cm³/mol. The van der Waals surface area contributed by atoms with E-state index in [2.05, 4.69) is 15.3 Å². The van der Waals surface area contributed by atoms with E-state index in [-0.39, 0.29) is 17.7 Å². The Morgan fingerprint density at radius 1 is 1.26 bits per heavy atom. The Kier molecular flexibility index (Phi) is 4.82. The first kappa shape index (κ1) is 17.1. The van der Waals surface area contributed by atoms with Crippen molar-refractivity contribution >= 4 is 22.7 Å². The number of anilines is 1. The van der Waals surface area contributed by atoms with E-state index in [1.807, 2.05) is 34.6 Å². The lowest BCUT2D eigenvalue weighted by atomic mass is 10.0. The van der Waals surface area contributed by atoms with Crippen molar-refractivity contribution in [3.63, 3.8) is 0 Å². The number of nitrogens with zero attached hydrogens (tertiary/aromatic N) is 2. The minimum absolute atomic E-state index is 0.0246. The van der Waals surface area contributed by atoms with Crippen molar-refractivity contribution in [2.45, 2.75) is 46.3 Å². The van der Waals surface area contributed by atoms with Gasteiger partial charge in [-0.1, -0.05) is 13.8 Å². The van der Waals surface area contributed by atoms with E-state index in [9.17, 15) is 9.18 Å². The van der Waals surface area contributed by atoms with E-state index < -0.39 is 11.6 Å². The van der Waals surface area contributed by atoms with E-state index in [4.69, 9.17) is 4.74 Å². The number of benzene rings is 1. The van der Waals surface area contributed by atoms with Crippen LogP contribution in [0.25, 0.3) is 10.9 Å². The summed E-state index contributed by atoms with van der Waals surface area (Å²) < 4.78 is 19.0. The molecular formula is C17H22FN3O2. The Labute approximate surface area is 135 Å². The minimum Gasteiger partial charge on any atom is -0.458 e. The van der Waals surface area contributed by atoms with Gasteiger partial charge in [-0.2, -0.15) is 0 Å². The van der Waals surface area contributed by atoms with Crippen LogP contribution in [-0.2, 0) is 9.53 Å².